The molecule has 1 atom stereocenters. The zero-order valence-corrected chi connectivity index (χ0v) is 14.1. The second kappa shape index (κ2) is 8.63. The topological polar surface area (TPSA) is 64.6 Å². The number of aryl methyl sites for hydroxylation is 1. The van der Waals surface area contributed by atoms with Crippen LogP contribution in [0.5, 0.6) is 5.75 Å². The molecule has 122 valence electrons. The van der Waals surface area contributed by atoms with E-state index in [-0.39, 0.29) is 25.2 Å². The lowest BCUT2D eigenvalue weighted by Crippen LogP contribution is -2.39. The summed E-state index contributed by atoms with van der Waals surface area (Å²) in [6.45, 7) is 7.18. The van der Waals surface area contributed by atoms with Crippen molar-refractivity contribution in [1.82, 2.24) is 5.32 Å². The lowest BCUT2D eigenvalue weighted by Gasteiger charge is -2.17. The van der Waals surface area contributed by atoms with Crippen LogP contribution in [0, 0.1) is 12.8 Å². The predicted molar refractivity (Wildman–Crippen MR) is 85.1 cm³/mol. The summed E-state index contributed by atoms with van der Waals surface area (Å²) < 4.78 is 10.1. The van der Waals surface area contributed by atoms with Gasteiger partial charge in [-0.2, -0.15) is 0 Å². The van der Waals surface area contributed by atoms with Crippen LogP contribution in [-0.4, -0.2) is 31.1 Å². The Balaban J connectivity index is 2.31. The van der Waals surface area contributed by atoms with E-state index in [4.69, 9.17) is 21.1 Å². The van der Waals surface area contributed by atoms with Crippen LogP contribution in [0.25, 0.3) is 0 Å². The van der Waals surface area contributed by atoms with Gasteiger partial charge in [-0.25, -0.2) is 4.79 Å². The van der Waals surface area contributed by atoms with E-state index in [1.54, 1.807) is 18.2 Å². The van der Waals surface area contributed by atoms with Gasteiger partial charge in [-0.3, -0.25) is 4.79 Å². The first-order chi connectivity index (χ1) is 10.3. The molecule has 0 spiro atoms. The summed E-state index contributed by atoms with van der Waals surface area (Å²) in [6, 6.07) is 5.12. The summed E-state index contributed by atoms with van der Waals surface area (Å²) in [5.41, 5.74) is 0.856. The molecule has 1 aromatic rings. The summed E-state index contributed by atoms with van der Waals surface area (Å²) in [5, 5.41) is 3.38. The van der Waals surface area contributed by atoms with Crippen molar-refractivity contribution in [3.05, 3.63) is 28.8 Å². The van der Waals surface area contributed by atoms with E-state index < -0.39 is 5.97 Å². The Hall–Kier alpha value is -1.75. The van der Waals surface area contributed by atoms with Gasteiger partial charge in [-0.05, 0) is 43.5 Å². The van der Waals surface area contributed by atoms with Gasteiger partial charge in [0.05, 0.1) is 0 Å². The first-order valence-electron chi connectivity index (χ1n) is 7.13. The minimum Gasteiger partial charge on any atom is -0.482 e. The molecule has 0 unspecified atom stereocenters. The van der Waals surface area contributed by atoms with Crippen LogP contribution < -0.4 is 10.1 Å². The molecule has 0 aliphatic carbocycles. The number of nitrogens with one attached hydrogen (secondary N) is 1. The number of hydrogen-bond donors (Lipinski definition) is 1. The summed E-state index contributed by atoms with van der Waals surface area (Å²) in [4.78, 5) is 23.1. The van der Waals surface area contributed by atoms with Gasteiger partial charge in [0.1, 0.15) is 5.75 Å². The lowest BCUT2D eigenvalue weighted by atomic mass is 10.1. The highest BCUT2D eigenvalue weighted by Crippen LogP contribution is 2.20. The minimum absolute atomic E-state index is 0.0273. The first-order valence-corrected chi connectivity index (χ1v) is 7.51. The quantitative estimate of drug-likeness (QED) is 0.782. The third kappa shape index (κ3) is 6.35. The third-order valence-corrected chi connectivity index (χ3v) is 3.66. The van der Waals surface area contributed by atoms with Crippen molar-refractivity contribution >= 4 is 23.5 Å². The summed E-state index contributed by atoms with van der Waals surface area (Å²) in [7, 11) is 0. The number of rotatable bonds is 7. The maximum Gasteiger partial charge on any atom is 0.344 e. The van der Waals surface area contributed by atoms with Gasteiger partial charge in [0.2, 0.25) is 0 Å². The van der Waals surface area contributed by atoms with Gasteiger partial charge in [0.15, 0.2) is 13.2 Å². The fourth-order valence-electron chi connectivity index (χ4n) is 1.50. The van der Waals surface area contributed by atoms with Crippen LogP contribution in [-0.2, 0) is 14.3 Å². The second-order valence-corrected chi connectivity index (χ2v) is 5.87. The Labute approximate surface area is 135 Å². The van der Waals surface area contributed by atoms with Crippen molar-refractivity contribution in [2.45, 2.75) is 33.7 Å². The molecular formula is C16H22ClNO4. The highest BCUT2D eigenvalue weighted by Gasteiger charge is 2.13. The van der Waals surface area contributed by atoms with E-state index in [1.165, 1.54) is 0 Å². The number of carbonyl (C=O) groups is 2. The molecule has 1 aromatic carbocycles. The van der Waals surface area contributed by atoms with E-state index in [0.29, 0.717) is 16.7 Å². The van der Waals surface area contributed by atoms with Crippen LogP contribution in [0.4, 0.5) is 0 Å². The number of ether oxygens (including phenoxy) is 2. The van der Waals surface area contributed by atoms with Crippen LogP contribution in [0.2, 0.25) is 5.02 Å². The highest BCUT2D eigenvalue weighted by molar-refractivity contribution is 6.31. The summed E-state index contributed by atoms with van der Waals surface area (Å²) in [6.07, 6.45) is 0. The van der Waals surface area contributed by atoms with Crippen LogP contribution in [0.1, 0.15) is 26.3 Å². The minimum atomic E-state index is -0.597. The Kier molecular flexibility index (Phi) is 7.18. The molecule has 6 heteroatoms. The van der Waals surface area contributed by atoms with E-state index in [0.717, 1.165) is 5.56 Å². The van der Waals surface area contributed by atoms with Gasteiger partial charge in [-0.15, -0.1) is 0 Å². The van der Waals surface area contributed by atoms with Crippen molar-refractivity contribution in [1.29, 1.82) is 0 Å². The molecule has 0 fully saturated rings. The van der Waals surface area contributed by atoms with Gasteiger partial charge in [0, 0.05) is 11.1 Å². The number of carbonyl (C=O) groups excluding carboxylic acids is 2. The highest BCUT2D eigenvalue weighted by atomic mass is 35.5. The zero-order valence-electron chi connectivity index (χ0n) is 13.3. The van der Waals surface area contributed by atoms with Crippen molar-refractivity contribution in [3.8, 4) is 5.75 Å². The maximum absolute atomic E-state index is 11.6. The molecule has 1 N–H and O–H groups in total. The average Bonchev–Trinajstić information content (AvgIpc) is 2.46. The molecule has 5 nitrogen and oxygen atoms in total. The predicted octanol–water partition coefficient (Wildman–Crippen LogP) is 2.73. The fraction of sp³-hybridized carbons (Fsp3) is 0.500. The fourth-order valence-corrected chi connectivity index (χ4v) is 1.62. The van der Waals surface area contributed by atoms with Crippen molar-refractivity contribution in [2.75, 3.05) is 13.2 Å². The molecule has 0 aromatic heterocycles. The normalized spacial score (nSPS) is 11.9. The maximum atomic E-state index is 11.6. The van der Waals surface area contributed by atoms with Gasteiger partial charge < -0.3 is 14.8 Å². The lowest BCUT2D eigenvalue weighted by molar-refractivity contribution is -0.150. The molecular weight excluding hydrogens is 306 g/mol. The molecule has 22 heavy (non-hydrogen) atoms. The largest absolute Gasteiger partial charge is 0.482 e. The average molecular weight is 328 g/mol. The van der Waals surface area contributed by atoms with E-state index in [9.17, 15) is 9.59 Å². The van der Waals surface area contributed by atoms with Crippen molar-refractivity contribution < 1.29 is 19.1 Å². The SMILES string of the molecule is Cc1cc(OCC(=O)OCC(=O)N[C@@H](C)C(C)C)ccc1Cl. The molecule has 0 saturated carbocycles. The molecule has 0 aliphatic rings. The van der Waals surface area contributed by atoms with E-state index >= 15 is 0 Å². The van der Waals surface area contributed by atoms with Crippen LogP contribution >= 0.6 is 11.6 Å². The smallest absolute Gasteiger partial charge is 0.344 e. The zero-order chi connectivity index (χ0) is 16.7. The number of amides is 1. The third-order valence-electron chi connectivity index (χ3n) is 3.24. The molecule has 0 aliphatic heterocycles. The van der Waals surface area contributed by atoms with E-state index in [2.05, 4.69) is 5.32 Å². The summed E-state index contributed by atoms with van der Waals surface area (Å²) >= 11 is 5.90. The Morgan fingerprint density at radius 2 is 1.91 bits per heavy atom. The molecule has 0 radical (unpaired) electrons. The molecule has 0 saturated heterocycles. The molecule has 1 rings (SSSR count). The van der Waals surface area contributed by atoms with Gasteiger partial charge >= 0.3 is 5.97 Å². The number of esters is 1. The molecule has 1 amide bonds. The summed E-state index contributed by atoms with van der Waals surface area (Å²) in [5.74, 6) is -0.0790. The molecule has 0 heterocycles. The van der Waals surface area contributed by atoms with Crippen molar-refractivity contribution in [2.24, 2.45) is 5.92 Å². The van der Waals surface area contributed by atoms with Crippen molar-refractivity contribution in [3.63, 3.8) is 0 Å². The number of hydrogen-bond acceptors (Lipinski definition) is 4. The Bertz CT molecular complexity index is 531. The van der Waals surface area contributed by atoms with Gasteiger partial charge in [-0.1, -0.05) is 25.4 Å². The van der Waals surface area contributed by atoms with Gasteiger partial charge in [0.25, 0.3) is 5.91 Å². The number of halogens is 1. The first kappa shape index (κ1) is 18.3. The monoisotopic (exact) mass is 327 g/mol. The second-order valence-electron chi connectivity index (χ2n) is 5.46. The Morgan fingerprint density at radius 1 is 1.23 bits per heavy atom. The molecule has 0 bridgehead atoms. The Morgan fingerprint density at radius 3 is 2.50 bits per heavy atom. The number of benzene rings is 1. The van der Waals surface area contributed by atoms with Crippen LogP contribution in [0.15, 0.2) is 18.2 Å². The van der Waals surface area contributed by atoms with Crippen LogP contribution in [0.3, 0.4) is 0 Å². The van der Waals surface area contributed by atoms with E-state index in [1.807, 2.05) is 27.7 Å². The standard InChI is InChI=1S/C16H22ClNO4/c1-10(2)12(4)18-15(19)8-22-16(20)9-21-13-5-6-14(17)11(3)7-13/h5-7,10,12H,8-9H2,1-4H3,(H,18,19)/t12-/m0/s1.